The lowest BCUT2D eigenvalue weighted by molar-refractivity contribution is 0.0803. The molecule has 1 aromatic carbocycles. The molecule has 1 aromatic rings. The van der Waals surface area contributed by atoms with Gasteiger partial charge in [-0.05, 0) is 44.4 Å². The topological polar surface area (TPSA) is 23.6 Å². The maximum absolute atomic E-state index is 12.4. The van der Waals surface area contributed by atoms with Crippen LogP contribution in [0.25, 0.3) is 0 Å². The number of amides is 1. The van der Waals surface area contributed by atoms with Crippen molar-refractivity contribution in [3.8, 4) is 0 Å². The summed E-state index contributed by atoms with van der Waals surface area (Å²) in [7, 11) is 1.86. The van der Waals surface area contributed by atoms with Crippen molar-refractivity contribution in [2.45, 2.75) is 27.2 Å². The Balaban J connectivity index is 2.46. The van der Waals surface area contributed by atoms with Gasteiger partial charge in [-0.2, -0.15) is 0 Å². The Hall–Kier alpha value is -1.51. The maximum Gasteiger partial charge on any atom is 0.255 e. The number of benzene rings is 1. The molecule has 0 aliphatic carbocycles. The third-order valence-electron chi connectivity index (χ3n) is 3.93. The first kappa shape index (κ1) is 12.9. The van der Waals surface area contributed by atoms with Crippen LogP contribution in [0.3, 0.4) is 0 Å². The first-order valence-electron chi connectivity index (χ1n) is 6.67. The number of hydrogen-bond donors (Lipinski definition) is 0. The third kappa shape index (κ3) is 2.09. The summed E-state index contributed by atoms with van der Waals surface area (Å²) in [6, 6.07) is 4.03. The summed E-state index contributed by atoms with van der Waals surface area (Å²) in [5.41, 5.74) is 4.49. The average molecular weight is 246 g/mol. The van der Waals surface area contributed by atoms with E-state index in [4.69, 9.17) is 0 Å². The maximum atomic E-state index is 12.4. The highest BCUT2D eigenvalue weighted by Crippen LogP contribution is 2.31. The number of hydrogen-bond acceptors (Lipinski definition) is 2. The molecular formula is C15H22N2O. The second-order valence-corrected chi connectivity index (χ2v) is 5.06. The van der Waals surface area contributed by atoms with Gasteiger partial charge in [0.15, 0.2) is 0 Å². The van der Waals surface area contributed by atoms with Crippen molar-refractivity contribution in [1.82, 2.24) is 4.90 Å². The van der Waals surface area contributed by atoms with Gasteiger partial charge < -0.3 is 9.80 Å². The number of aryl methyl sites for hydroxylation is 1. The molecule has 0 radical (unpaired) electrons. The van der Waals surface area contributed by atoms with Crippen molar-refractivity contribution in [2.75, 3.05) is 31.6 Å². The molecule has 3 nitrogen and oxygen atoms in total. The lowest BCUT2D eigenvalue weighted by Crippen LogP contribution is -2.39. The molecule has 98 valence electrons. The summed E-state index contributed by atoms with van der Waals surface area (Å²) in [5, 5.41) is 0. The van der Waals surface area contributed by atoms with Crippen molar-refractivity contribution >= 4 is 11.6 Å². The van der Waals surface area contributed by atoms with Crippen LogP contribution in [-0.2, 0) is 0 Å². The van der Waals surface area contributed by atoms with E-state index in [1.165, 1.54) is 17.5 Å². The summed E-state index contributed by atoms with van der Waals surface area (Å²) in [5.74, 6) is 0.127. The molecular weight excluding hydrogens is 224 g/mol. The molecule has 1 heterocycles. The Morgan fingerprint density at radius 3 is 2.50 bits per heavy atom. The molecule has 3 heteroatoms. The number of nitrogens with zero attached hydrogens (tertiary/aromatic N) is 2. The summed E-state index contributed by atoms with van der Waals surface area (Å²) < 4.78 is 0. The normalized spacial score (nSPS) is 14.3. The zero-order valence-corrected chi connectivity index (χ0v) is 11.8. The average Bonchev–Trinajstić information content (AvgIpc) is 2.31. The summed E-state index contributed by atoms with van der Waals surface area (Å²) in [6.07, 6.45) is 1.23. The number of carbonyl (C=O) groups excluding carboxylic acids is 1. The minimum absolute atomic E-state index is 0.127. The van der Waals surface area contributed by atoms with Crippen LogP contribution in [0, 0.1) is 13.8 Å². The lowest BCUT2D eigenvalue weighted by atomic mass is 9.98. The van der Waals surface area contributed by atoms with Gasteiger partial charge in [-0.3, -0.25) is 4.79 Å². The predicted molar refractivity (Wildman–Crippen MR) is 75.4 cm³/mol. The van der Waals surface area contributed by atoms with E-state index in [1.807, 2.05) is 20.0 Å². The van der Waals surface area contributed by atoms with Crippen molar-refractivity contribution < 1.29 is 4.79 Å². The van der Waals surface area contributed by atoms with Crippen LogP contribution in [0.4, 0.5) is 5.69 Å². The van der Waals surface area contributed by atoms with Crippen molar-refractivity contribution in [3.05, 3.63) is 28.8 Å². The molecule has 0 spiro atoms. The van der Waals surface area contributed by atoms with E-state index in [1.54, 1.807) is 4.90 Å². The highest BCUT2D eigenvalue weighted by atomic mass is 16.2. The summed E-state index contributed by atoms with van der Waals surface area (Å²) in [4.78, 5) is 16.5. The van der Waals surface area contributed by atoms with Crippen LogP contribution in [0.5, 0.6) is 0 Å². The standard InChI is InChI=1S/C15H22N2O/c1-5-16(4)15(18)13-8-7-11(2)12(3)14(13)17-9-6-10-17/h7-8H,5-6,9-10H2,1-4H3. The highest BCUT2D eigenvalue weighted by Gasteiger charge is 2.24. The highest BCUT2D eigenvalue weighted by molar-refractivity contribution is 6.00. The van der Waals surface area contributed by atoms with Crippen molar-refractivity contribution in [2.24, 2.45) is 0 Å². The van der Waals surface area contributed by atoms with Gasteiger partial charge in [-0.25, -0.2) is 0 Å². The summed E-state index contributed by atoms with van der Waals surface area (Å²) in [6.45, 7) is 9.11. The number of anilines is 1. The van der Waals surface area contributed by atoms with Crippen LogP contribution in [-0.4, -0.2) is 37.5 Å². The Morgan fingerprint density at radius 2 is 2.00 bits per heavy atom. The Morgan fingerprint density at radius 1 is 1.33 bits per heavy atom. The number of carbonyl (C=O) groups is 1. The fraction of sp³-hybridized carbons (Fsp3) is 0.533. The van der Waals surface area contributed by atoms with E-state index in [2.05, 4.69) is 24.8 Å². The molecule has 0 atom stereocenters. The van der Waals surface area contributed by atoms with E-state index < -0.39 is 0 Å². The van der Waals surface area contributed by atoms with Crippen LogP contribution in [0.2, 0.25) is 0 Å². The van der Waals surface area contributed by atoms with E-state index in [0.29, 0.717) is 0 Å². The van der Waals surface area contributed by atoms with Gasteiger partial charge in [-0.15, -0.1) is 0 Å². The second-order valence-electron chi connectivity index (χ2n) is 5.06. The first-order chi connectivity index (χ1) is 8.56. The predicted octanol–water partition coefficient (Wildman–Crippen LogP) is 2.61. The van der Waals surface area contributed by atoms with Crippen molar-refractivity contribution in [1.29, 1.82) is 0 Å². The molecule has 1 saturated heterocycles. The molecule has 1 amide bonds. The van der Waals surface area contributed by atoms with Gasteiger partial charge in [0.25, 0.3) is 5.91 Å². The lowest BCUT2D eigenvalue weighted by Gasteiger charge is -2.36. The van der Waals surface area contributed by atoms with Crippen LogP contribution >= 0.6 is 0 Å². The van der Waals surface area contributed by atoms with Gasteiger partial charge in [0.05, 0.1) is 11.3 Å². The minimum atomic E-state index is 0.127. The van der Waals surface area contributed by atoms with Crippen molar-refractivity contribution in [3.63, 3.8) is 0 Å². The van der Waals surface area contributed by atoms with E-state index in [0.717, 1.165) is 30.9 Å². The molecule has 1 aliphatic heterocycles. The van der Waals surface area contributed by atoms with Gasteiger partial charge in [0.1, 0.15) is 0 Å². The van der Waals surface area contributed by atoms with Gasteiger partial charge in [-0.1, -0.05) is 6.07 Å². The SMILES string of the molecule is CCN(C)C(=O)c1ccc(C)c(C)c1N1CCC1. The van der Waals surface area contributed by atoms with E-state index >= 15 is 0 Å². The van der Waals surface area contributed by atoms with Gasteiger partial charge >= 0.3 is 0 Å². The van der Waals surface area contributed by atoms with E-state index in [-0.39, 0.29) is 5.91 Å². The fourth-order valence-corrected chi connectivity index (χ4v) is 2.27. The quantitative estimate of drug-likeness (QED) is 0.818. The monoisotopic (exact) mass is 246 g/mol. The fourth-order valence-electron chi connectivity index (χ4n) is 2.27. The van der Waals surface area contributed by atoms with Crippen LogP contribution in [0.1, 0.15) is 34.8 Å². The van der Waals surface area contributed by atoms with E-state index in [9.17, 15) is 4.79 Å². The Bertz CT molecular complexity index is 464. The molecule has 1 fully saturated rings. The largest absolute Gasteiger partial charge is 0.371 e. The zero-order valence-electron chi connectivity index (χ0n) is 11.8. The third-order valence-corrected chi connectivity index (χ3v) is 3.93. The molecule has 0 aromatic heterocycles. The second kappa shape index (κ2) is 5.01. The minimum Gasteiger partial charge on any atom is -0.371 e. The molecule has 0 N–H and O–H groups in total. The number of rotatable bonds is 3. The van der Waals surface area contributed by atoms with Crippen LogP contribution < -0.4 is 4.90 Å². The molecule has 2 rings (SSSR count). The Kier molecular flexibility index (Phi) is 3.60. The molecule has 0 bridgehead atoms. The zero-order chi connectivity index (χ0) is 13.3. The van der Waals surface area contributed by atoms with Gasteiger partial charge in [0.2, 0.25) is 0 Å². The first-order valence-corrected chi connectivity index (χ1v) is 6.67. The van der Waals surface area contributed by atoms with Gasteiger partial charge in [0, 0.05) is 26.7 Å². The molecule has 0 saturated carbocycles. The van der Waals surface area contributed by atoms with Crippen LogP contribution in [0.15, 0.2) is 12.1 Å². The molecule has 18 heavy (non-hydrogen) atoms. The Labute approximate surface area is 109 Å². The smallest absolute Gasteiger partial charge is 0.255 e. The molecule has 1 aliphatic rings. The summed E-state index contributed by atoms with van der Waals surface area (Å²) >= 11 is 0. The molecule has 0 unspecified atom stereocenters.